The minimum Gasteiger partial charge on any atom is -0.310 e. The average molecular weight is 311 g/mol. The Balaban J connectivity index is 1.38. The Kier molecular flexibility index (Phi) is 4.14. The molecular formula is C18H25N5. The zero-order valence-corrected chi connectivity index (χ0v) is 13.8. The van der Waals surface area contributed by atoms with Crippen LogP contribution in [-0.4, -0.2) is 44.8 Å². The molecule has 2 aromatic heterocycles. The summed E-state index contributed by atoms with van der Waals surface area (Å²) in [6.07, 6.45) is 11.2. The first-order valence-corrected chi connectivity index (χ1v) is 8.70. The van der Waals surface area contributed by atoms with Gasteiger partial charge in [0.25, 0.3) is 0 Å². The third-order valence-corrected chi connectivity index (χ3v) is 5.03. The fraction of sp³-hybridized carbons (Fsp3) is 0.556. The number of hydrogen-bond donors (Lipinski definition) is 1. The van der Waals surface area contributed by atoms with E-state index >= 15 is 0 Å². The number of likely N-dealkylation sites (tertiary alicyclic amines) is 1. The van der Waals surface area contributed by atoms with Gasteiger partial charge in [-0.1, -0.05) is 0 Å². The molecule has 0 amide bonds. The van der Waals surface area contributed by atoms with Crippen molar-refractivity contribution in [3.63, 3.8) is 0 Å². The van der Waals surface area contributed by atoms with E-state index in [-0.39, 0.29) is 0 Å². The Bertz CT molecular complexity index is 639. The number of aryl methyl sites for hydroxylation is 1. The predicted octanol–water partition coefficient (Wildman–Crippen LogP) is 2.20. The van der Waals surface area contributed by atoms with Crippen molar-refractivity contribution >= 4 is 0 Å². The van der Waals surface area contributed by atoms with E-state index < -0.39 is 0 Å². The van der Waals surface area contributed by atoms with Crippen LogP contribution in [0.25, 0.3) is 11.3 Å². The van der Waals surface area contributed by atoms with Crippen molar-refractivity contribution in [1.82, 2.24) is 25.0 Å². The van der Waals surface area contributed by atoms with Crippen molar-refractivity contribution in [2.45, 2.75) is 44.3 Å². The summed E-state index contributed by atoms with van der Waals surface area (Å²) in [4.78, 5) is 6.77. The van der Waals surface area contributed by atoms with Gasteiger partial charge in [0.1, 0.15) is 0 Å². The molecule has 3 heterocycles. The molecule has 1 saturated carbocycles. The van der Waals surface area contributed by atoms with Crippen LogP contribution in [0.15, 0.2) is 30.7 Å². The first-order valence-electron chi connectivity index (χ1n) is 8.70. The van der Waals surface area contributed by atoms with Crippen molar-refractivity contribution in [3.8, 4) is 11.3 Å². The fourth-order valence-electron chi connectivity index (χ4n) is 3.58. The summed E-state index contributed by atoms with van der Waals surface area (Å²) >= 11 is 0. The fourth-order valence-corrected chi connectivity index (χ4v) is 3.58. The molecule has 2 aliphatic rings. The van der Waals surface area contributed by atoms with Crippen LogP contribution in [0.3, 0.4) is 0 Å². The van der Waals surface area contributed by atoms with Crippen LogP contribution >= 0.6 is 0 Å². The molecule has 1 aliphatic heterocycles. The molecule has 122 valence electrons. The summed E-state index contributed by atoms with van der Waals surface area (Å²) in [6.45, 7) is 3.40. The molecule has 0 spiro atoms. The second-order valence-electron chi connectivity index (χ2n) is 6.83. The molecule has 4 rings (SSSR count). The zero-order valence-electron chi connectivity index (χ0n) is 13.8. The number of rotatable bonds is 5. The Morgan fingerprint density at radius 2 is 1.87 bits per heavy atom. The van der Waals surface area contributed by atoms with Crippen LogP contribution in [0.5, 0.6) is 0 Å². The maximum atomic E-state index is 4.63. The summed E-state index contributed by atoms with van der Waals surface area (Å²) in [5.41, 5.74) is 3.47. The third kappa shape index (κ3) is 3.46. The summed E-state index contributed by atoms with van der Waals surface area (Å²) < 4.78 is 1.91. The lowest BCUT2D eigenvalue weighted by molar-refractivity contribution is 0.189. The maximum Gasteiger partial charge on any atom is 0.0969 e. The zero-order chi connectivity index (χ0) is 15.6. The van der Waals surface area contributed by atoms with Gasteiger partial charge in [-0.3, -0.25) is 9.67 Å². The van der Waals surface area contributed by atoms with Gasteiger partial charge in [0.15, 0.2) is 0 Å². The monoisotopic (exact) mass is 311 g/mol. The van der Waals surface area contributed by atoms with Crippen molar-refractivity contribution in [2.24, 2.45) is 7.05 Å². The van der Waals surface area contributed by atoms with Gasteiger partial charge < -0.3 is 10.2 Å². The molecular weight excluding hydrogens is 286 g/mol. The number of aromatic nitrogens is 3. The molecule has 1 saturated heterocycles. The Labute approximate surface area is 137 Å². The van der Waals surface area contributed by atoms with Crippen LogP contribution in [-0.2, 0) is 13.6 Å². The number of nitrogens with one attached hydrogen (secondary N) is 1. The lowest BCUT2D eigenvalue weighted by atomic mass is 10.0. The summed E-state index contributed by atoms with van der Waals surface area (Å²) in [5.74, 6) is 0. The smallest absolute Gasteiger partial charge is 0.0969 e. The molecule has 2 aromatic rings. The molecule has 2 fully saturated rings. The second-order valence-corrected chi connectivity index (χ2v) is 6.83. The lowest BCUT2D eigenvalue weighted by Crippen LogP contribution is -2.43. The van der Waals surface area contributed by atoms with Crippen molar-refractivity contribution < 1.29 is 0 Å². The molecule has 0 unspecified atom stereocenters. The topological polar surface area (TPSA) is 46.0 Å². The van der Waals surface area contributed by atoms with E-state index in [2.05, 4.69) is 26.5 Å². The molecule has 0 aromatic carbocycles. The molecule has 1 N–H and O–H groups in total. The SMILES string of the molecule is Cn1cc(CNC2CCN(C3CC3)CC2)c(-c2ccncc2)n1. The number of piperidine rings is 1. The maximum absolute atomic E-state index is 4.63. The van der Waals surface area contributed by atoms with Gasteiger partial charge in [-0.2, -0.15) is 5.10 Å². The summed E-state index contributed by atoms with van der Waals surface area (Å²) in [6, 6.07) is 5.60. The minimum absolute atomic E-state index is 0.635. The van der Waals surface area contributed by atoms with Gasteiger partial charge in [0, 0.05) is 55.4 Å². The van der Waals surface area contributed by atoms with Gasteiger partial charge in [0.05, 0.1) is 5.69 Å². The average Bonchev–Trinajstić information content (AvgIpc) is 3.37. The highest BCUT2D eigenvalue weighted by Crippen LogP contribution is 2.29. The summed E-state index contributed by atoms with van der Waals surface area (Å²) in [5, 5.41) is 8.37. The lowest BCUT2D eigenvalue weighted by Gasteiger charge is -2.32. The minimum atomic E-state index is 0.635. The normalized spacial score (nSPS) is 20.0. The van der Waals surface area contributed by atoms with E-state index in [1.165, 1.54) is 44.3 Å². The quantitative estimate of drug-likeness (QED) is 0.919. The highest BCUT2D eigenvalue weighted by atomic mass is 15.3. The Morgan fingerprint density at radius 3 is 2.57 bits per heavy atom. The van der Waals surface area contributed by atoms with E-state index in [1.807, 2.05) is 36.3 Å². The molecule has 1 aliphatic carbocycles. The van der Waals surface area contributed by atoms with Crippen LogP contribution in [0.4, 0.5) is 0 Å². The van der Waals surface area contributed by atoms with Crippen molar-refractivity contribution in [2.75, 3.05) is 13.1 Å². The highest BCUT2D eigenvalue weighted by molar-refractivity contribution is 5.61. The molecule has 23 heavy (non-hydrogen) atoms. The second kappa shape index (κ2) is 6.42. The molecule has 5 nitrogen and oxygen atoms in total. The van der Waals surface area contributed by atoms with E-state index in [9.17, 15) is 0 Å². The highest BCUT2D eigenvalue weighted by Gasteiger charge is 2.31. The summed E-state index contributed by atoms with van der Waals surface area (Å²) in [7, 11) is 1.99. The van der Waals surface area contributed by atoms with E-state index in [1.54, 1.807) is 0 Å². The molecule has 0 radical (unpaired) electrons. The van der Waals surface area contributed by atoms with Gasteiger partial charge in [-0.25, -0.2) is 0 Å². The molecule has 0 atom stereocenters. The van der Waals surface area contributed by atoms with Crippen LogP contribution in [0, 0.1) is 0 Å². The third-order valence-electron chi connectivity index (χ3n) is 5.03. The van der Waals surface area contributed by atoms with Gasteiger partial charge in [0.2, 0.25) is 0 Å². The van der Waals surface area contributed by atoms with Crippen LogP contribution in [0.2, 0.25) is 0 Å². The van der Waals surface area contributed by atoms with Gasteiger partial charge >= 0.3 is 0 Å². The largest absolute Gasteiger partial charge is 0.310 e. The first-order chi connectivity index (χ1) is 11.3. The van der Waals surface area contributed by atoms with Crippen molar-refractivity contribution in [1.29, 1.82) is 0 Å². The number of hydrogen-bond acceptors (Lipinski definition) is 4. The first kappa shape index (κ1) is 14.8. The van der Waals surface area contributed by atoms with E-state index in [0.29, 0.717) is 6.04 Å². The Morgan fingerprint density at radius 1 is 1.13 bits per heavy atom. The standard InChI is InChI=1S/C18H25N5/c1-22-13-15(18(21-22)14-4-8-19-9-5-14)12-20-16-6-10-23(11-7-16)17-2-3-17/h4-5,8-9,13,16-17,20H,2-3,6-7,10-12H2,1H3. The van der Waals surface area contributed by atoms with E-state index in [4.69, 9.17) is 0 Å². The molecule has 0 bridgehead atoms. The van der Waals surface area contributed by atoms with Crippen LogP contribution < -0.4 is 5.32 Å². The van der Waals surface area contributed by atoms with Crippen LogP contribution in [0.1, 0.15) is 31.2 Å². The molecule has 5 heteroatoms. The Hall–Kier alpha value is -1.72. The predicted molar refractivity (Wildman–Crippen MR) is 90.9 cm³/mol. The van der Waals surface area contributed by atoms with Gasteiger partial charge in [-0.15, -0.1) is 0 Å². The number of nitrogens with zero attached hydrogens (tertiary/aromatic N) is 4. The van der Waals surface area contributed by atoms with Gasteiger partial charge in [-0.05, 0) is 50.9 Å². The van der Waals surface area contributed by atoms with Crippen molar-refractivity contribution in [3.05, 3.63) is 36.3 Å². The van der Waals surface area contributed by atoms with E-state index in [0.717, 1.165) is 23.8 Å². The number of pyridine rings is 1.